The molecule has 3 heteroatoms. The van der Waals surface area contributed by atoms with Crippen LogP contribution < -0.4 is 15.2 Å². The van der Waals surface area contributed by atoms with Gasteiger partial charge in [-0.2, -0.15) is 0 Å². The van der Waals surface area contributed by atoms with Gasteiger partial charge in [-0.25, -0.2) is 0 Å². The molecule has 98 valence electrons. The quantitative estimate of drug-likeness (QED) is 0.858. The summed E-state index contributed by atoms with van der Waals surface area (Å²) in [5.74, 6) is 1.45. The lowest BCUT2D eigenvalue weighted by atomic mass is 10.1. The number of anilines is 1. The predicted octanol–water partition coefficient (Wildman–Crippen LogP) is 2.82. The maximum atomic E-state index is 6.06. The Bertz CT molecular complexity index is 570. The molecule has 1 aliphatic carbocycles. The van der Waals surface area contributed by atoms with E-state index < -0.39 is 0 Å². The second-order valence-corrected chi connectivity index (χ2v) is 4.83. The van der Waals surface area contributed by atoms with E-state index in [0.29, 0.717) is 5.69 Å². The highest BCUT2D eigenvalue weighted by Crippen LogP contribution is 2.33. The van der Waals surface area contributed by atoms with Gasteiger partial charge in [0.1, 0.15) is 6.10 Å². The van der Waals surface area contributed by atoms with Crippen molar-refractivity contribution in [3.63, 3.8) is 0 Å². The Hall–Kier alpha value is -2.16. The van der Waals surface area contributed by atoms with Crippen LogP contribution in [0.5, 0.6) is 11.5 Å². The van der Waals surface area contributed by atoms with Crippen LogP contribution >= 0.6 is 0 Å². The molecule has 1 aliphatic rings. The minimum Gasteiger partial charge on any atom is -0.493 e. The Morgan fingerprint density at radius 1 is 1.00 bits per heavy atom. The van der Waals surface area contributed by atoms with E-state index in [0.717, 1.165) is 24.3 Å². The lowest BCUT2D eigenvalue weighted by Gasteiger charge is -2.16. The minimum atomic E-state index is 0.160. The van der Waals surface area contributed by atoms with Crippen molar-refractivity contribution in [1.29, 1.82) is 0 Å². The van der Waals surface area contributed by atoms with E-state index in [9.17, 15) is 0 Å². The topological polar surface area (TPSA) is 44.5 Å². The van der Waals surface area contributed by atoms with Crippen molar-refractivity contribution in [3.8, 4) is 11.5 Å². The van der Waals surface area contributed by atoms with Crippen LogP contribution in [0.15, 0.2) is 42.5 Å². The number of fused-ring (bicyclic) bond motifs is 1. The second-order valence-electron chi connectivity index (χ2n) is 4.83. The Balaban J connectivity index is 1.79. The molecule has 0 unspecified atom stereocenters. The van der Waals surface area contributed by atoms with Gasteiger partial charge in [0.05, 0.1) is 7.11 Å². The number of rotatable bonds is 3. The fourth-order valence-electron chi connectivity index (χ4n) is 2.57. The van der Waals surface area contributed by atoms with E-state index >= 15 is 0 Å². The first kappa shape index (κ1) is 11.9. The zero-order valence-corrected chi connectivity index (χ0v) is 10.9. The average Bonchev–Trinajstić information content (AvgIpc) is 2.81. The van der Waals surface area contributed by atoms with Gasteiger partial charge >= 0.3 is 0 Å². The average molecular weight is 255 g/mol. The van der Waals surface area contributed by atoms with Crippen LogP contribution in [-0.2, 0) is 12.8 Å². The molecule has 0 bridgehead atoms. The van der Waals surface area contributed by atoms with Gasteiger partial charge in [0.15, 0.2) is 11.5 Å². The van der Waals surface area contributed by atoms with Gasteiger partial charge in [-0.3, -0.25) is 0 Å². The fourth-order valence-corrected chi connectivity index (χ4v) is 2.57. The van der Waals surface area contributed by atoms with Gasteiger partial charge in [0.2, 0.25) is 0 Å². The maximum absolute atomic E-state index is 6.06. The molecule has 0 atom stereocenters. The van der Waals surface area contributed by atoms with Crippen molar-refractivity contribution in [2.24, 2.45) is 0 Å². The van der Waals surface area contributed by atoms with Crippen LogP contribution in [0.25, 0.3) is 0 Å². The fraction of sp³-hybridized carbons (Fsp3) is 0.250. The van der Waals surface area contributed by atoms with Crippen molar-refractivity contribution >= 4 is 5.69 Å². The highest BCUT2D eigenvalue weighted by atomic mass is 16.5. The molecular formula is C16H17NO2. The molecule has 19 heavy (non-hydrogen) atoms. The van der Waals surface area contributed by atoms with Gasteiger partial charge in [-0.1, -0.05) is 24.3 Å². The first-order valence-corrected chi connectivity index (χ1v) is 6.43. The van der Waals surface area contributed by atoms with Crippen molar-refractivity contribution in [1.82, 2.24) is 0 Å². The molecule has 2 N–H and O–H groups in total. The number of nitrogen functional groups attached to an aromatic ring is 1. The zero-order valence-electron chi connectivity index (χ0n) is 10.9. The van der Waals surface area contributed by atoms with Gasteiger partial charge in [0, 0.05) is 24.6 Å². The molecule has 3 nitrogen and oxygen atoms in total. The molecular weight excluding hydrogens is 238 g/mol. The second kappa shape index (κ2) is 4.84. The molecule has 0 fully saturated rings. The predicted molar refractivity (Wildman–Crippen MR) is 75.7 cm³/mol. The third-order valence-corrected chi connectivity index (χ3v) is 3.49. The lowest BCUT2D eigenvalue weighted by molar-refractivity contribution is 0.204. The van der Waals surface area contributed by atoms with Gasteiger partial charge in [0.25, 0.3) is 0 Å². The summed E-state index contributed by atoms with van der Waals surface area (Å²) < 4.78 is 11.4. The molecule has 3 rings (SSSR count). The smallest absolute Gasteiger partial charge is 0.163 e. The van der Waals surface area contributed by atoms with Crippen LogP contribution in [0.3, 0.4) is 0 Å². The highest BCUT2D eigenvalue weighted by Gasteiger charge is 2.23. The first-order chi connectivity index (χ1) is 9.26. The van der Waals surface area contributed by atoms with E-state index in [2.05, 4.69) is 24.3 Å². The summed E-state index contributed by atoms with van der Waals surface area (Å²) in [6, 6.07) is 13.9. The Morgan fingerprint density at radius 2 is 1.68 bits per heavy atom. The Labute approximate surface area is 113 Å². The van der Waals surface area contributed by atoms with Crippen LogP contribution in [0, 0.1) is 0 Å². The summed E-state index contributed by atoms with van der Waals surface area (Å²) in [5, 5.41) is 0. The molecule has 0 saturated heterocycles. The molecule has 0 saturated carbocycles. The minimum absolute atomic E-state index is 0.160. The number of hydrogen-bond acceptors (Lipinski definition) is 3. The number of nitrogens with two attached hydrogens (primary N) is 1. The molecule has 0 aromatic heterocycles. The molecule has 0 spiro atoms. The Kier molecular flexibility index (Phi) is 3.03. The van der Waals surface area contributed by atoms with Crippen LogP contribution in [0.4, 0.5) is 5.69 Å². The molecule has 2 aromatic rings. The number of benzene rings is 2. The van der Waals surface area contributed by atoms with Gasteiger partial charge < -0.3 is 15.2 Å². The normalized spacial score (nSPS) is 14.2. The SMILES string of the molecule is COc1ccc(N)cc1OC1Cc2ccccc2C1. The van der Waals surface area contributed by atoms with Gasteiger partial charge in [-0.05, 0) is 23.3 Å². The summed E-state index contributed by atoms with van der Waals surface area (Å²) in [6.45, 7) is 0. The first-order valence-electron chi connectivity index (χ1n) is 6.43. The number of ether oxygens (including phenoxy) is 2. The third kappa shape index (κ3) is 2.36. The summed E-state index contributed by atoms with van der Waals surface area (Å²) in [5.41, 5.74) is 9.23. The summed E-state index contributed by atoms with van der Waals surface area (Å²) in [7, 11) is 1.64. The van der Waals surface area contributed by atoms with Gasteiger partial charge in [-0.15, -0.1) is 0 Å². The van der Waals surface area contributed by atoms with E-state index in [1.54, 1.807) is 7.11 Å². The third-order valence-electron chi connectivity index (χ3n) is 3.49. The molecule has 0 aliphatic heterocycles. The van der Waals surface area contributed by atoms with Crippen molar-refractivity contribution in [2.45, 2.75) is 18.9 Å². The van der Waals surface area contributed by atoms with E-state index in [1.807, 2.05) is 18.2 Å². The molecule has 2 aromatic carbocycles. The van der Waals surface area contributed by atoms with Crippen LogP contribution in [0.1, 0.15) is 11.1 Å². The summed E-state index contributed by atoms with van der Waals surface area (Å²) in [4.78, 5) is 0. The Morgan fingerprint density at radius 3 is 2.32 bits per heavy atom. The number of hydrogen-bond donors (Lipinski definition) is 1. The largest absolute Gasteiger partial charge is 0.493 e. The lowest BCUT2D eigenvalue weighted by Crippen LogP contribution is -2.16. The molecule has 0 radical (unpaired) electrons. The van der Waals surface area contributed by atoms with Crippen LogP contribution in [0.2, 0.25) is 0 Å². The molecule has 0 heterocycles. The standard InChI is InChI=1S/C16H17NO2/c1-18-15-7-6-13(17)10-16(15)19-14-8-11-4-2-3-5-12(11)9-14/h2-7,10,14H,8-9,17H2,1H3. The van der Waals surface area contributed by atoms with E-state index in [1.165, 1.54) is 11.1 Å². The monoisotopic (exact) mass is 255 g/mol. The summed E-state index contributed by atoms with van der Waals surface area (Å²) in [6.07, 6.45) is 2.04. The van der Waals surface area contributed by atoms with Crippen molar-refractivity contribution in [2.75, 3.05) is 12.8 Å². The number of methoxy groups -OCH3 is 1. The van der Waals surface area contributed by atoms with Crippen LogP contribution in [-0.4, -0.2) is 13.2 Å². The van der Waals surface area contributed by atoms with E-state index in [-0.39, 0.29) is 6.10 Å². The zero-order chi connectivity index (χ0) is 13.2. The van der Waals surface area contributed by atoms with E-state index in [4.69, 9.17) is 15.2 Å². The molecule has 0 amide bonds. The summed E-state index contributed by atoms with van der Waals surface area (Å²) >= 11 is 0. The highest BCUT2D eigenvalue weighted by molar-refractivity contribution is 5.52. The van der Waals surface area contributed by atoms with Crippen molar-refractivity contribution < 1.29 is 9.47 Å². The maximum Gasteiger partial charge on any atom is 0.163 e. The van der Waals surface area contributed by atoms with Crippen molar-refractivity contribution in [3.05, 3.63) is 53.6 Å².